The van der Waals surface area contributed by atoms with Crippen LogP contribution in [0.2, 0.25) is 0 Å². The third kappa shape index (κ3) is 4.91. The summed E-state index contributed by atoms with van der Waals surface area (Å²) in [6, 6.07) is 7.55. The van der Waals surface area contributed by atoms with Gasteiger partial charge >= 0.3 is 0 Å². The molecule has 17 heavy (non-hydrogen) atoms. The maximum atomic E-state index is 11.6. The van der Waals surface area contributed by atoms with Crippen LogP contribution in [-0.4, -0.2) is 18.6 Å². The largest absolute Gasteiger partial charge is 0.481 e. The van der Waals surface area contributed by atoms with E-state index in [0.29, 0.717) is 10.8 Å². The quantitative estimate of drug-likeness (QED) is 0.876. The fourth-order valence-electron chi connectivity index (χ4n) is 1.27. The Labute approximate surface area is 106 Å². The molecule has 1 N–H and O–H groups in total. The molecule has 0 heterocycles. The van der Waals surface area contributed by atoms with Crippen molar-refractivity contribution in [3.63, 3.8) is 0 Å². The third-order valence-electron chi connectivity index (χ3n) is 2.13. The number of carbonyl (C=O) groups excluding carboxylic acids is 1. The van der Waals surface area contributed by atoms with Crippen LogP contribution in [0.5, 0.6) is 5.75 Å². The average Bonchev–Trinajstić information content (AvgIpc) is 2.25. The predicted molar refractivity (Wildman–Crippen MR) is 69.3 cm³/mol. The summed E-state index contributed by atoms with van der Waals surface area (Å²) in [5.41, 5.74) is 1.09. The third-order valence-corrected chi connectivity index (χ3v) is 2.26. The molecule has 0 fully saturated rings. The zero-order valence-electron chi connectivity index (χ0n) is 10.00. The second-order valence-corrected chi connectivity index (χ2v) is 4.35. The van der Waals surface area contributed by atoms with E-state index in [9.17, 15) is 4.79 Å². The summed E-state index contributed by atoms with van der Waals surface area (Å²) in [6.45, 7) is 7.40. The summed E-state index contributed by atoms with van der Waals surface area (Å²) in [6.07, 6.45) is -0.562. The standard InChI is InChI=1S/C13H16ClNO2/c1-9-5-4-6-12(7-9)17-11(3)13(16)15-8-10(2)14/h4-7,11H,2,8H2,1,3H3,(H,15,16). The molecular formula is C13H16ClNO2. The molecule has 0 aliphatic heterocycles. The van der Waals surface area contributed by atoms with Crippen LogP contribution in [0, 0.1) is 6.92 Å². The number of rotatable bonds is 5. The van der Waals surface area contributed by atoms with Gasteiger partial charge in [-0.3, -0.25) is 4.79 Å². The Morgan fingerprint density at radius 3 is 2.88 bits per heavy atom. The van der Waals surface area contributed by atoms with Crippen LogP contribution in [0.4, 0.5) is 0 Å². The van der Waals surface area contributed by atoms with Crippen molar-refractivity contribution in [1.82, 2.24) is 5.32 Å². The molecular weight excluding hydrogens is 238 g/mol. The summed E-state index contributed by atoms with van der Waals surface area (Å²) in [5.74, 6) is 0.464. The van der Waals surface area contributed by atoms with Gasteiger partial charge in [-0.05, 0) is 31.5 Å². The lowest BCUT2D eigenvalue weighted by molar-refractivity contribution is -0.127. The van der Waals surface area contributed by atoms with E-state index in [1.54, 1.807) is 6.92 Å². The van der Waals surface area contributed by atoms with Crippen molar-refractivity contribution < 1.29 is 9.53 Å². The summed E-state index contributed by atoms with van der Waals surface area (Å²) >= 11 is 5.56. The van der Waals surface area contributed by atoms with E-state index in [4.69, 9.17) is 16.3 Å². The van der Waals surface area contributed by atoms with E-state index in [1.807, 2.05) is 31.2 Å². The van der Waals surface area contributed by atoms with Crippen LogP contribution < -0.4 is 10.1 Å². The minimum atomic E-state index is -0.562. The lowest BCUT2D eigenvalue weighted by Gasteiger charge is -2.14. The molecule has 1 atom stereocenters. The molecule has 0 aromatic heterocycles. The molecule has 0 saturated carbocycles. The number of amides is 1. The maximum absolute atomic E-state index is 11.6. The van der Waals surface area contributed by atoms with Crippen LogP contribution in [-0.2, 0) is 4.79 Å². The van der Waals surface area contributed by atoms with Crippen molar-refractivity contribution in [2.24, 2.45) is 0 Å². The van der Waals surface area contributed by atoms with Gasteiger partial charge in [0.1, 0.15) is 5.75 Å². The number of halogens is 1. The normalized spacial score (nSPS) is 11.7. The van der Waals surface area contributed by atoms with E-state index >= 15 is 0 Å². The molecule has 1 amide bonds. The lowest BCUT2D eigenvalue weighted by atomic mass is 10.2. The molecule has 0 aliphatic rings. The van der Waals surface area contributed by atoms with Gasteiger partial charge in [-0.25, -0.2) is 0 Å². The maximum Gasteiger partial charge on any atom is 0.261 e. The second kappa shape index (κ2) is 6.30. The monoisotopic (exact) mass is 253 g/mol. The van der Waals surface area contributed by atoms with E-state index in [0.717, 1.165) is 5.56 Å². The highest BCUT2D eigenvalue weighted by Crippen LogP contribution is 2.14. The van der Waals surface area contributed by atoms with Crippen LogP contribution in [0.1, 0.15) is 12.5 Å². The van der Waals surface area contributed by atoms with Crippen molar-refractivity contribution in [1.29, 1.82) is 0 Å². The van der Waals surface area contributed by atoms with Crippen molar-refractivity contribution in [3.8, 4) is 5.75 Å². The first kappa shape index (κ1) is 13.6. The van der Waals surface area contributed by atoms with E-state index < -0.39 is 6.10 Å². The summed E-state index contributed by atoms with van der Waals surface area (Å²) in [4.78, 5) is 11.6. The van der Waals surface area contributed by atoms with Gasteiger partial charge in [0.25, 0.3) is 5.91 Å². The molecule has 92 valence electrons. The number of hydrogen-bond acceptors (Lipinski definition) is 2. The molecule has 3 nitrogen and oxygen atoms in total. The predicted octanol–water partition coefficient (Wildman–Crippen LogP) is 2.63. The van der Waals surface area contributed by atoms with Crippen molar-refractivity contribution in [2.75, 3.05) is 6.54 Å². The molecule has 0 spiro atoms. The summed E-state index contributed by atoms with van der Waals surface area (Å²) in [7, 11) is 0. The summed E-state index contributed by atoms with van der Waals surface area (Å²) in [5, 5.41) is 3.01. The Morgan fingerprint density at radius 1 is 1.59 bits per heavy atom. The van der Waals surface area contributed by atoms with Crippen molar-refractivity contribution in [3.05, 3.63) is 41.4 Å². The molecule has 4 heteroatoms. The molecule has 1 rings (SSSR count). The van der Waals surface area contributed by atoms with Crippen LogP contribution in [0.25, 0.3) is 0 Å². The van der Waals surface area contributed by atoms with Crippen LogP contribution in [0.15, 0.2) is 35.9 Å². The van der Waals surface area contributed by atoms with Crippen LogP contribution in [0.3, 0.4) is 0 Å². The van der Waals surface area contributed by atoms with Gasteiger partial charge in [0.2, 0.25) is 0 Å². The second-order valence-electron chi connectivity index (χ2n) is 3.81. The number of carbonyl (C=O) groups is 1. The molecule has 1 unspecified atom stereocenters. The zero-order chi connectivity index (χ0) is 12.8. The highest BCUT2D eigenvalue weighted by Gasteiger charge is 2.13. The SMILES string of the molecule is C=C(Cl)CNC(=O)C(C)Oc1cccc(C)c1. The highest BCUT2D eigenvalue weighted by molar-refractivity contribution is 6.29. The van der Waals surface area contributed by atoms with Gasteiger partial charge < -0.3 is 10.1 Å². The minimum Gasteiger partial charge on any atom is -0.481 e. The smallest absolute Gasteiger partial charge is 0.261 e. The van der Waals surface area contributed by atoms with Gasteiger partial charge in [0, 0.05) is 5.03 Å². The number of nitrogens with one attached hydrogen (secondary N) is 1. The Kier molecular flexibility index (Phi) is 5.04. The lowest BCUT2D eigenvalue weighted by Crippen LogP contribution is -2.36. The first-order valence-corrected chi connectivity index (χ1v) is 5.71. The average molecular weight is 254 g/mol. The van der Waals surface area contributed by atoms with Crippen molar-refractivity contribution in [2.45, 2.75) is 20.0 Å². The molecule has 0 radical (unpaired) electrons. The highest BCUT2D eigenvalue weighted by atomic mass is 35.5. The Hall–Kier alpha value is -1.48. The van der Waals surface area contributed by atoms with E-state index in [1.165, 1.54) is 0 Å². The molecule has 1 aromatic carbocycles. The minimum absolute atomic E-state index is 0.215. The first-order valence-electron chi connectivity index (χ1n) is 5.33. The van der Waals surface area contributed by atoms with Gasteiger partial charge in [0.15, 0.2) is 6.10 Å². The molecule has 1 aromatic rings. The number of aryl methyl sites for hydroxylation is 1. The van der Waals surface area contributed by atoms with Gasteiger partial charge in [-0.1, -0.05) is 30.3 Å². The van der Waals surface area contributed by atoms with Gasteiger partial charge in [-0.2, -0.15) is 0 Å². The fraction of sp³-hybridized carbons (Fsp3) is 0.308. The first-order chi connectivity index (χ1) is 7.99. The van der Waals surface area contributed by atoms with Gasteiger partial charge in [0.05, 0.1) is 6.54 Å². The zero-order valence-corrected chi connectivity index (χ0v) is 10.8. The van der Waals surface area contributed by atoms with E-state index in [-0.39, 0.29) is 12.5 Å². The van der Waals surface area contributed by atoms with E-state index in [2.05, 4.69) is 11.9 Å². The Balaban J connectivity index is 2.51. The summed E-state index contributed by atoms with van der Waals surface area (Å²) < 4.78 is 5.50. The Bertz CT molecular complexity index is 418. The molecule has 0 aliphatic carbocycles. The number of ether oxygens (including phenoxy) is 1. The Morgan fingerprint density at radius 2 is 2.29 bits per heavy atom. The molecule has 0 saturated heterocycles. The number of hydrogen-bond donors (Lipinski definition) is 1. The topological polar surface area (TPSA) is 38.3 Å². The van der Waals surface area contributed by atoms with Crippen molar-refractivity contribution >= 4 is 17.5 Å². The number of benzene rings is 1. The van der Waals surface area contributed by atoms with Gasteiger partial charge in [-0.15, -0.1) is 0 Å². The molecule has 0 bridgehead atoms. The fourth-order valence-corrected chi connectivity index (χ4v) is 1.34. The van der Waals surface area contributed by atoms with Crippen LogP contribution >= 0.6 is 11.6 Å².